The highest BCUT2D eigenvalue weighted by Crippen LogP contribution is 2.25. The molecule has 6 heteroatoms. The molecular weight excluding hydrogens is 374 g/mol. The van der Waals surface area contributed by atoms with Crippen molar-refractivity contribution in [2.24, 2.45) is 0 Å². The van der Waals surface area contributed by atoms with Crippen molar-refractivity contribution in [1.29, 1.82) is 0 Å². The van der Waals surface area contributed by atoms with Crippen LogP contribution in [0.15, 0.2) is 54.7 Å². The van der Waals surface area contributed by atoms with E-state index in [0.717, 1.165) is 24.2 Å². The van der Waals surface area contributed by atoms with Gasteiger partial charge in [-0.15, -0.1) is 0 Å². The lowest BCUT2D eigenvalue weighted by Crippen LogP contribution is -2.32. The summed E-state index contributed by atoms with van der Waals surface area (Å²) >= 11 is 6.04. The summed E-state index contributed by atoms with van der Waals surface area (Å²) < 4.78 is 7.84. The van der Waals surface area contributed by atoms with Crippen LogP contribution in [0, 0.1) is 6.92 Å². The van der Waals surface area contributed by atoms with Gasteiger partial charge in [-0.05, 0) is 48.2 Å². The molecule has 1 unspecified atom stereocenters. The summed E-state index contributed by atoms with van der Waals surface area (Å²) in [6, 6.07) is 15.5. The highest BCUT2D eigenvalue weighted by Gasteiger charge is 2.25. The van der Waals surface area contributed by atoms with E-state index in [2.05, 4.69) is 23.6 Å². The predicted molar refractivity (Wildman–Crippen MR) is 109 cm³/mol. The number of halogens is 1. The Morgan fingerprint density at radius 1 is 1.29 bits per heavy atom. The van der Waals surface area contributed by atoms with Gasteiger partial charge in [0.2, 0.25) is 0 Å². The molecule has 144 valence electrons. The fraction of sp³-hybridized carbons (Fsp3) is 0.273. The van der Waals surface area contributed by atoms with Crippen LogP contribution >= 0.6 is 11.6 Å². The summed E-state index contributed by atoms with van der Waals surface area (Å²) in [7, 11) is 0. The van der Waals surface area contributed by atoms with Crippen LogP contribution in [0.1, 0.15) is 38.8 Å². The predicted octanol–water partition coefficient (Wildman–Crippen LogP) is 3.94. The number of aryl methyl sites for hydroxylation is 1. The van der Waals surface area contributed by atoms with Crippen LogP contribution < -0.4 is 5.32 Å². The van der Waals surface area contributed by atoms with E-state index >= 15 is 0 Å². The Bertz CT molecular complexity index is 985. The minimum atomic E-state index is -0.238. The van der Waals surface area contributed by atoms with E-state index < -0.39 is 0 Å². The first-order valence-corrected chi connectivity index (χ1v) is 9.74. The number of nitrogens with one attached hydrogen (secondary N) is 1. The Morgan fingerprint density at radius 2 is 2.11 bits per heavy atom. The van der Waals surface area contributed by atoms with Crippen LogP contribution in [0.4, 0.5) is 0 Å². The smallest absolute Gasteiger partial charge is 0.251 e. The molecule has 1 aliphatic heterocycles. The van der Waals surface area contributed by atoms with Gasteiger partial charge in [0.05, 0.1) is 18.8 Å². The summed E-state index contributed by atoms with van der Waals surface area (Å²) in [6.07, 6.45) is 2.69. The van der Waals surface area contributed by atoms with Crippen molar-refractivity contribution in [3.63, 3.8) is 0 Å². The second kappa shape index (κ2) is 8.17. The summed E-state index contributed by atoms with van der Waals surface area (Å²) in [6.45, 7) is 3.62. The maximum Gasteiger partial charge on any atom is 0.251 e. The number of aromatic nitrogens is 2. The lowest BCUT2D eigenvalue weighted by Gasteiger charge is -2.22. The summed E-state index contributed by atoms with van der Waals surface area (Å²) in [5.74, 6) is -0.140. The van der Waals surface area contributed by atoms with Gasteiger partial charge in [-0.25, -0.2) is 0 Å². The van der Waals surface area contributed by atoms with Crippen LogP contribution in [0.5, 0.6) is 0 Å². The number of hydrogen-bond acceptors (Lipinski definition) is 3. The molecule has 1 aliphatic rings. The fourth-order valence-corrected chi connectivity index (χ4v) is 3.53. The van der Waals surface area contributed by atoms with Crippen molar-refractivity contribution in [3.05, 3.63) is 87.7 Å². The highest BCUT2D eigenvalue weighted by atomic mass is 35.5. The molecule has 0 spiro atoms. The van der Waals surface area contributed by atoms with Gasteiger partial charge in [-0.1, -0.05) is 41.9 Å². The monoisotopic (exact) mass is 395 g/mol. The van der Waals surface area contributed by atoms with Gasteiger partial charge in [0.1, 0.15) is 6.10 Å². The van der Waals surface area contributed by atoms with Gasteiger partial charge in [0.25, 0.3) is 5.91 Å². The number of rotatable bonds is 5. The first kappa shape index (κ1) is 18.7. The molecule has 0 bridgehead atoms. The third-order valence-corrected chi connectivity index (χ3v) is 5.35. The molecule has 0 fully saturated rings. The van der Waals surface area contributed by atoms with Crippen LogP contribution in [-0.4, -0.2) is 28.8 Å². The Balaban J connectivity index is 1.44. The van der Waals surface area contributed by atoms with E-state index in [4.69, 9.17) is 21.4 Å². The third kappa shape index (κ3) is 4.11. The highest BCUT2D eigenvalue weighted by molar-refractivity contribution is 6.31. The van der Waals surface area contributed by atoms with E-state index in [1.165, 1.54) is 11.1 Å². The second-order valence-electron chi connectivity index (χ2n) is 7.01. The van der Waals surface area contributed by atoms with Gasteiger partial charge in [-0.3, -0.25) is 9.48 Å². The minimum Gasteiger partial charge on any atom is -0.370 e. The van der Waals surface area contributed by atoms with Crippen LogP contribution in [0.3, 0.4) is 0 Å². The molecule has 3 aromatic rings. The molecule has 2 heterocycles. The molecule has 1 N–H and O–H groups in total. The standard InChI is InChI=1S/C22H22ClN3O2/c1-15-11-17(7-8-19(15)23)22(27)24-12-20-21-18(9-10-28-20)14-26(25-21)13-16-5-3-2-4-6-16/h2-8,11,14,20H,9-10,12-13H2,1H3,(H,24,27). The third-order valence-electron chi connectivity index (χ3n) is 4.92. The number of nitrogens with zero attached hydrogens (tertiary/aromatic N) is 2. The summed E-state index contributed by atoms with van der Waals surface area (Å²) in [5, 5.41) is 8.34. The fourth-order valence-electron chi connectivity index (χ4n) is 3.41. The number of hydrogen-bond donors (Lipinski definition) is 1. The zero-order chi connectivity index (χ0) is 19.5. The van der Waals surface area contributed by atoms with Crippen molar-refractivity contribution in [2.45, 2.75) is 26.0 Å². The van der Waals surface area contributed by atoms with Crippen molar-refractivity contribution in [3.8, 4) is 0 Å². The van der Waals surface area contributed by atoms with E-state index in [9.17, 15) is 4.79 Å². The summed E-state index contributed by atoms with van der Waals surface area (Å²) in [4.78, 5) is 12.5. The Hall–Kier alpha value is -2.63. The molecule has 0 saturated heterocycles. The average Bonchev–Trinajstić information content (AvgIpc) is 3.12. The SMILES string of the molecule is Cc1cc(C(=O)NCC2OCCc3cn(Cc4ccccc4)nc32)ccc1Cl. The molecule has 5 nitrogen and oxygen atoms in total. The molecule has 1 atom stereocenters. The molecule has 0 saturated carbocycles. The molecular formula is C22H22ClN3O2. The summed E-state index contributed by atoms with van der Waals surface area (Å²) in [5.41, 5.74) is 4.77. The van der Waals surface area contributed by atoms with Crippen LogP contribution in [0.2, 0.25) is 5.02 Å². The maximum absolute atomic E-state index is 12.5. The van der Waals surface area contributed by atoms with Crippen molar-refractivity contribution in [2.75, 3.05) is 13.2 Å². The first-order chi connectivity index (χ1) is 13.6. The van der Waals surface area contributed by atoms with E-state index in [-0.39, 0.29) is 12.0 Å². The number of amides is 1. The van der Waals surface area contributed by atoms with Crippen LogP contribution in [0.25, 0.3) is 0 Å². The first-order valence-electron chi connectivity index (χ1n) is 9.36. The van der Waals surface area contributed by atoms with Gasteiger partial charge in [0.15, 0.2) is 0 Å². The lowest BCUT2D eigenvalue weighted by molar-refractivity contribution is 0.0383. The van der Waals surface area contributed by atoms with Crippen molar-refractivity contribution in [1.82, 2.24) is 15.1 Å². The van der Waals surface area contributed by atoms with E-state index in [1.807, 2.05) is 29.8 Å². The average molecular weight is 396 g/mol. The molecule has 2 aromatic carbocycles. The number of carbonyl (C=O) groups is 1. The zero-order valence-electron chi connectivity index (χ0n) is 15.7. The number of benzene rings is 2. The molecule has 1 amide bonds. The Morgan fingerprint density at radius 3 is 2.89 bits per heavy atom. The molecule has 1 aromatic heterocycles. The molecule has 0 aliphatic carbocycles. The molecule has 0 radical (unpaired) electrons. The van der Waals surface area contributed by atoms with Gasteiger partial charge >= 0.3 is 0 Å². The number of fused-ring (bicyclic) bond motifs is 1. The van der Waals surface area contributed by atoms with Crippen LogP contribution in [-0.2, 0) is 17.7 Å². The van der Waals surface area contributed by atoms with E-state index in [0.29, 0.717) is 23.7 Å². The van der Waals surface area contributed by atoms with Crippen molar-refractivity contribution >= 4 is 17.5 Å². The zero-order valence-corrected chi connectivity index (χ0v) is 16.4. The Labute approximate surface area is 169 Å². The normalized spacial score (nSPS) is 15.9. The van der Waals surface area contributed by atoms with Crippen molar-refractivity contribution < 1.29 is 9.53 Å². The maximum atomic E-state index is 12.5. The minimum absolute atomic E-state index is 0.140. The van der Waals surface area contributed by atoms with Gasteiger partial charge in [-0.2, -0.15) is 5.10 Å². The molecule has 4 rings (SSSR count). The van der Waals surface area contributed by atoms with Gasteiger partial charge in [0, 0.05) is 23.3 Å². The van der Waals surface area contributed by atoms with E-state index in [1.54, 1.807) is 18.2 Å². The largest absolute Gasteiger partial charge is 0.370 e. The quantitative estimate of drug-likeness (QED) is 0.712. The molecule has 28 heavy (non-hydrogen) atoms. The van der Waals surface area contributed by atoms with Gasteiger partial charge < -0.3 is 10.1 Å². The number of ether oxygens (including phenoxy) is 1. The second-order valence-corrected chi connectivity index (χ2v) is 7.41. The topological polar surface area (TPSA) is 56.1 Å². The number of carbonyl (C=O) groups excluding carboxylic acids is 1. The lowest BCUT2D eigenvalue weighted by atomic mass is 10.1. The Kier molecular flexibility index (Phi) is 5.46.